The Bertz CT molecular complexity index is 649. The summed E-state index contributed by atoms with van der Waals surface area (Å²) in [5.74, 6) is -2.77. The third-order valence-corrected chi connectivity index (χ3v) is 4.90. The first-order valence-corrected chi connectivity index (χ1v) is 7.45. The average Bonchev–Trinajstić information content (AvgIpc) is 2.46. The van der Waals surface area contributed by atoms with Crippen molar-refractivity contribution in [2.24, 2.45) is 0 Å². The molecular formula is C12H13F2NO5S. The third-order valence-electron chi connectivity index (χ3n) is 3.01. The lowest BCUT2D eigenvalue weighted by Crippen LogP contribution is -2.48. The van der Waals surface area contributed by atoms with Gasteiger partial charge >= 0.3 is 5.97 Å². The van der Waals surface area contributed by atoms with E-state index in [1.807, 2.05) is 0 Å². The number of carbonyl (C=O) groups excluding carboxylic acids is 1. The Kier molecular flexibility index (Phi) is 4.55. The van der Waals surface area contributed by atoms with Crippen molar-refractivity contribution < 1.29 is 31.5 Å². The first-order chi connectivity index (χ1) is 9.86. The Hall–Kier alpha value is -1.58. The Morgan fingerprint density at radius 3 is 2.76 bits per heavy atom. The molecule has 1 aromatic carbocycles. The largest absolute Gasteiger partial charge is 0.467 e. The van der Waals surface area contributed by atoms with Gasteiger partial charge in [-0.05, 0) is 12.1 Å². The van der Waals surface area contributed by atoms with Crippen LogP contribution in [0.5, 0.6) is 0 Å². The SMILES string of the molecule is COC(=O)C1CN(S(=O)(=O)c2ccc(F)cc2F)CCO1. The number of hydrogen-bond donors (Lipinski definition) is 0. The van der Waals surface area contributed by atoms with Crippen molar-refractivity contribution >= 4 is 16.0 Å². The molecule has 0 N–H and O–H groups in total. The highest BCUT2D eigenvalue weighted by molar-refractivity contribution is 7.89. The summed E-state index contributed by atoms with van der Waals surface area (Å²) in [4.78, 5) is 10.8. The van der Waals surface area contributed by atoms with Gasteiger partial charge in [0.05, 0.1) is 20.3 Å². The minimum atomic E-state index is -4.18. The van der Waals surface area contributed by atoms with Crippen LogP contribution in [0.1, 0.15) is 0 Å². The van der Waals surface area contributed by atoms with E-state index in [-0.39, 0.29) is 19.7 Å². The van der Waals surface area contributed by atoms with Gasteiger partial charge in [-0.1, -0.05) is 0 Å². The van der Waals surface area contributed by atoms with E-state index in [4.69, 9.17) is 4.74 Å². The van der Waals surface area contributed by atoms with Crippen LogP contribution in [0.2, 0.25) is 0 Å². The van der Waals surface area contributed by atoms with Crippen molar-refractivity contribution in [3.05, 3.63) is 29.8 Å². The van der Waals surface area contributed by atoms with Crippen LogP contribution in [0.4, 0.5) is 8.78 Å². The molecule has 0 saturated carbocycles. The molecule has 1 aliphatic heterocycles. The van der Waals surface area contributed by atoms with Gasteiger partial charge in [-0.3, -0.25) is 0 Å². The monoisotopic (exact) mass is 321 g/mol. The van der Waals surface area contributed by atoms with Crippen molar-refractivity contribution in [1.82, 2.24) is 4.31 Å². The minimum absolute atomic E-state index is 0.0260. The number of carbonyl (C=O) groups is 1. The van der Waals surface area contributed by atoms with Crippen LogP contribution < -0.4 is 0 Å². The lowest BCUT2D eigenvalue weighted by Gasteiger charge is -2.30. The molecular weight excluding hydrogens is 308 g/mol. The Morgan fingerprint density at radius 2 is 2.14 bits per heavy atom. The molecule has 9 heteroatoms. The molecule has 0 radical (unpaired) electrons. The van der Waals surface area contributed by atoms with E-state index in [2.05, 4.69) is 4.74 Å². The molecule has 0 aromatic heterocycles. The number of ether oxygens (including phenoxy) is 2. The predicted molar refractivity (Wildman–Crippen MR) is 66.9 cm³/mol. The number of methoxy groups -OCH3 is 1. The van der Waals surface area contributed by atoms with Crippen molar-refractivity contribution in [2.75, 3.05) is 26.8 Å². The van der Waals surface area contributed by atoms with Gasteiger partial charge in [-0.2, -0.15) is 4.31 Å². The zero-order valence-electron chi connectivity index (χ0n) is 11.1. The quantitative estimate of drug-likeness (QED) is 0.759. The fourth-order valence-electron chi connectivity index (χ4n) is 1.94. The van der Waals surface area contributed by atoms with Crippen molar-refractivity contribution in [3.63, 3.8) is 0 Å². The summed E-state index contributed by atoms with van der Waals surface area (Å²) in [6, 6.07) is 2.20. The van der Waals surface area contributed by atoms with Gasteiger partial charge in [0.15, 0.2) is 6.10 Å². The molecule has 116 valence electrons. The topological polar surface area (TPSA) is 72.9 Å². The Balaban J connectivity index is 2.28. The fraction of sp³-hybridized carbons (Fsp3) is 0.417. The van der Waals surface area contributed by atoms with Gasteiger partial charge in [0.25, 0.3) is 0 Å². The second-order valence-electron chi connectivity index (χ2n) is 4.32. The summed E-state index contributed by atoms with van der Waals surface area (Å²) in [7, 11) is -3.03. The highest BCUT2D eigenvalue weighted by atomic mass is 32.2. The van der Waals surface area contributed by atoms with Gasteiger partial charge < -0.3 is 9.47 Å². The summed E-state index contributed by atoms with van der Waals surface area (Å²) in [6.45, 7) is -0.347. The van der Waals surface area contributed by atoms with E-state index in [1.54, 1.807) is 0 Å². The standard InChI is InChI=1S/C12H13F2NO5S/c1-19-12(16)10-7-15(4-5-20-10)21(17,18)11-3-2-8(13)6-9(11)14/h2-3,6,10H,4-5,7H2,1H3. The molecule has 1 atom stereocenters. The summed E-state index contributed by atoms with van der Waals surface area (Å²) >= 11 is 0. The number of sulfonamides is 1. The molecule has 1 fully saturated rings. The molecule has 1 heterocycles. The van der Waals surface area contributed by atoms with Crippen molar-refractivity contribution in [2.45, 2.75) is 11.0 Å². The number of benzene rings is 1. The number of nitrogens with zero attached hydrogens (tertiary/aromatic N) is 1. The summed E-state index contributed by atoms with van der Waals surface area (Å²) in [5.41, 5.74) is 0. The minimum Gasteiger partial charge on any atom is -0.467 e. The lowest BCUT2D eigenvalue weighted by molar-refractivity contribution is -0.157. The molecule has 0 bridgehead atoms. The van der Waals surface area contributed by atoms with Crippen LogP contribution in [-0.2, 0) is 24.3 Å². The van der Waals surface area contributed by atoms with Crippen molar-refractivity contribution in [1.29, 1.82) is 0 Å². The maximum Gasteiger partial charge on any atom is 0.336 e. The Labute approximate surface area is 120 Å². The van der Waals surface area contributed by atoms with Crippen LogP contribution in [0, 0.1) is 11.6 Å². The van der Waals surface area contributed by atoms with Gasteiger partial charge in [-0.15, -0.1) is 0 Å². The number of hydrogen-bond acceptors (Lipinski definition) is 5. The first kappa shape index (κ1) is 15.8. The van der Waals surface area contributed by atoms with E-state index in [1.165, 1.54) is 0 Å². The second kappa shape index (κ2) is 6.04. The molecule has 6 nitrogen and oxygen atoms in total. The molecule has 1 saturated heterocycles. The number of esters is 1. The highest BCUT2D eigenvalue weighted by Crippen LogP contribution is 2.22. The molecule has 1 unspecified atom stereocenters. The smallest absolute Gasteiger partial charge is 0.336 e. The fourth-order valence-corrected chi connectivity index (χ4v) is 3.41. The van der Waals surface area contributed by atoms with E-state index in [0.717, 1.165) is 23.5 Å². The summed E-state index contributed by atoms with van der Waals surface area (Å²) in [5, 5.41) is 0. The summed E-state index contributed by atoms with van der Waals surface area (Å²) < 4.78 is 61.7. The van der Waals surface area contributed by atoms with E-state index in [0.29, 0.717) is 6.07 Å². The molecule has 21 heavy (non-hydrogen) atoms. The second-order valence-corrected chi connectivity index (χ2v) is 6.23. The highest BCUT2D eigenvalue weighted by Gasteiger charge is 2.35. The molecule has 0 amide bonds. The maximum atomic E-state index is 13.7. The van der Waals surface area contributed by atoms with Crippen LogP contribution in [0.15, 0.2) is 23.1 Å². The number of morpholine rings is 1. The van der Waals surface area contributed by atoms with Crippen molar-refractivity contribution in [3.8, 4) is 0 Å². The molecule has 1 aliphatic rings. The van der Waals surface area contributed by atoms with Gasteiger partial charge in [0.2, 0.25) is 10.0 Å². The maximum absolute atomic E-state index is 13.7. The zero-order valence-corrected chi connectivity index (χ0v) is 11.9. The van der Waals surface area contributed by atoms with E-state index in [9.17, 15) is 22.0 Å². The molecule has 0 aliphatic carbocycles. The van der Waals surface area contributed by atoms with Crippen LogP contribution in [0.25, 0.3) is 0 Å². The third kappa shape index (κ3) is 3.20. The number of rotatable bonds is 3. The van der Waals surface area contributed by atoms with Crippen LogP contribution >= 0.6 is 0 Å². The average molecular weight is 321 g/mol. The normalized spacial score (nSPS) is 20.2. The van der Waals surface area contributed by atoms with Gasteiger partial charge in [-0.25, -0.2) is 22.0 Å². The van der Waals surface area contributed by atoms with Gasteiger partial charge in [0.1, 0.15) is 16.5 Å². The summed E-state index contributed by atoms with van der Waals surface area (Å²) in [6.07, 6.45) is -1.07. The van der Waals surface area contributed by atoms with Gasteiger partial charge in [0, 0.05) is 12.6 Å². The van der Waals surface area contributed by atoms with Crippen LogP contribution in [-0.4, -0.2) is 51.6 Å². The Morgan fingerprint density at radius 1 is 1.43 bits per heavy atom. The predicted octanol–water partition coefficient (Wildman–Crippen LogP) is 0.527. The molecule has 2 rings (SSSR count). The molecule has 1 aromatic rings. The van der Waals surface area contributed by atoms with E-state index >= 15 is 0 Å². The first-order valence-electron chi connectivity index (χ1n) is 6.01. The lowest BCUT2D eigenvalue weighted by atomic mass is 10.3. The molecule has 0 spiro atoms. The van der Waals surface area contributed by atoms with Crippen LogP contribution in [0.3, 0.4) is 0 Å². The number of halogens is 2. The van der Waals surface area contributed by atoms with E-state index < -0.39 is 38.6 Å². The zero-order chi connectivity index (χ0) is 15.6.